The van der Waals surface area contributed by atoms with Gasteiger partial charge in [-0.3, -0.25) is 25.2 Å². The number of hydrogen-bond donors (Lipinski definition) is 3. The van der Waals surface area contributed by atoms with E-state index >= 15 is 0 Å². The van der Waals surface area contributed by atoms with Gasteiger partial charge in [-0.05, 0) is 48.8 Å². The number of benzene rings is 1. The van der Waals surface area contributed by atoms with Crippen molar-refractivity contribution < 1.29 is 18.8 Å². The van der Waals surface area contributed by atoms with Crippen molar-refractivity contribution in [3.8, 4) is 0 Å². The maximum absolute atomic E-state index is 12.4. The minimum atomic E-state index is -0.820. The number of furan rings is 1. The molecule has 0 bridgehead atoms. The van der Waals surface area contributed by atoms with Crippen molar-refractivity contribution in [2.24, 2.45) is 0 Å². The van der Waals surface area contributed by atoms with Crippen LogP contribution in [0, 0.1) is 0 Å². The van der Waals surface area contributed by atoms with Crippen LogP contribution in [-0.4, -0.2) is 35.8 Å². The summed E-state index contributed by atoms with van der Waals surface area (Å²) < 4.78 is 5.02. The normalized spacial score (nSPS) is 11.5. The van der Waals surface area contributed by atoms with E-state index in [1.165, 1.54) is 30.2 Å². The van der Waals surface area contributed by atoms with E-state index in [-0.39, 0.29) is 5.76 Å². The average molecular weight is 396 g/mol. The van der Waals surface area contributed by atoms with Crippen LogP contribution >= 0.6 is 23.4 Å². The molecule has 1 aromatic carbocycles. The molecular weight excluding hydrogens is 378 g/mol. The Kier molecular flexibility index (Phi) is 7.55. The predicted octanol–water partition coefficient (Wildman–Crippen LogP) is 2.25. The molecule has 0 aliphatic heterocycles. The number of carbonyl (C=O) groups is 3. The number of carbonyl (C=O) groups excluding carboxylic acids is 3. The highest BCUT2D eigenvalue weighted by Gasteiger charge is 2.22. The van der Waals surface area contributed by atoms with Gasteiger partial charge in [-0.1, -0.05) is 17.7 Å². The van der Waals surface area contributed by atoms with Gasteiger partial charge in [-0.15, -0.1) is 0 Å². The van der Waals surface area contributed by atoms with E-state index in [2.05, 4.69) is 16.2 Å². The summed E-state index contributed by atoms with van der Waals surface area (Å²) in [6.45, 7) is 0. The fraction of sp³-hybridized carbons (Fsp3) is 0.235. The fourth-order valence-electron chi connectivity index (χ4n) is 2.05. The number of thioether (sulfide) groups is 1. The molecule has 0 aliphatic carbocycles. The lowest BCUT2D eigenvalue weighted by atomic mass is 10.2. The third-order valence-corrected chi connectivity index (χ3v) is 4.24. The fourth-order valence-corrected chi connectivity index (χ4v) is 2.71. The summed E-state index contributed by atoms with van der Waals surface area (Å²) in [5, 5.41) is 3.01. The van der Waals surface area contributed by atoms with Gasteiger partial charge in [0.15, 0.2) is 5.76 Å². The first-order valence-corrected chi connectivity index (χ1v) is 9.47. The quantitative estimate of drug-likeness (QED) is 0.624. The Morgan fingerprint density at radius 2 is 1.96 bits per heavy atom. The monoisotopic (exact) mass is 395 g/mol. The van der Waals surface area contributed by atoms with Crippen molar-refractivity contribution in [1.29, 1.82) is 0 Å². The molecule has 7 nitrogen and oxygen atoms in total. The zero-order chi connectivity index (χ0) is 18.9. The highest BCUT2D eigenvalue weighted by atomic mass is 35.5. The van der Waals surface area contributed by atoms with E-state index in [4.69, 9.17) is 16.0 Å². The van der Waals surface area contributed by atoms with Crippen molar-refractivity contribution in [2.75, 3.05) is 12.0 Å². The second kappa shape index (κ2) is 9.88. The van der Waals surface area contributed by atoms with E-state index in [1.807, 2.05) is 6.26 Å². The number of nitrogens with one attached hydrogen (secondary N) is 3. The first-order valence-electron chi connectivity index (χ1n) is 7.70. The van der Waals surface area contributed by atoms with Gasteiger partial charge in [0.2, 0.25) is 0 Å². The molecule has 1 atom stereocenters. The second-order valence-corrected chi connectivity index (χ2v) is 6.66. The summed E-state index contributed by atoms with van der Waals surface area (Å²) in [6, 6.07) is 8.57. The van der Waals surface area contributed by atoms with Crippen LogP contribution in [-0.2, 0) is 4.79 Å². The third kappa shape index (κ3) is 5.82. The first kappa shape index (κ1) is 19.9. The molecule has 0 fully saturated rings. The van der Waals surface area contributed by atoms with E-state index in [0.717, 1.165) is 0 Å². The predicted molar refractivity (Wildman–Crippen MR) is 100 cm³/mol. The van der Waals surface area contributed by atoms with Crippen LogP contribution in [0.2, 0.25) is 5.02 Å². The lowest BCUT2D eigenvalue weighted by Gasteiger charge is -2.18. The maximum atomic E-state index is 12.4. The van der Waals surface area contributed by atoms with E-state index in [0.29, 0.717) is 22.8 Å². The molecule has 2 rings (SSSR count). The highest BCUT2D eigenvalue weighted by Crippen LogP contribution is 2.10. The van der Waals surface area contributed by atoms with Crippen molar-refractivity contribution in [1.82, 2.24) is 16.2 Å². The highest BCUT2D eigenvalue weighted by molar-refractivity contribution is 7.98. The Morgan fingerprint density at radius 3 is 2.62 bits per heavy atom. The van der Waals surface area contributed by atoms with Gasteiger partial charge in [0.25, 0.3) is 17.7 Å². The van der Waals surface area contributed by atoms with Crippen LogP contribution in [0.3, 0.4) is 0 Å². The van der Waals surface area contributed by atoms with E-state index in [1.54, 1.807) is 24.3 Å². The smallest absolute Gasteiger partial charge is 0.287 e. The van der Waals surface area contributed by atoms with Crippen LogP contribution in [0.15, 0.2) is 47.1 Å². The summed E-state index contributed by atoms with van der Waals surface area (Å²) in [4.78, 5) is 36.5. The summed E-state index contributed by atoms with van der Waals surface area (Å²) in [7, 11) is 0. The Morgan fingerprint density at radius 1 is 1.15 bits per heavy atom. The van der Waals surface area contributed by atoms with E-state index in [9.17, 15) is 14.4 Å². The lowest BCUT2D eigenvalue weighted by molar-refractivity contribution is -0.123. The first-order chi connectivity index (χ1) is 12.5. The Labute approximate surface area is 159 Å². The zero-order valence-corrected chi connectivity index (χ0v) is 15.5. The van der Waals surface area contributed by atoms with Gasteiger partial charge >= 0.3 is 0 Å². The Hall–Kier alpha value is -2.45. The van der Waals surface area contributed by atoms with Gasteiger partial charge in [-0.2, -0.15) is 11.8 Å². The Balaban J connectivity index is 1.95. The zero-order valence-electron chi connectivity index (χ0n) is 14.0. The minimum absolute atomic E-state index is 0.106. The number of hydrazine groups is 1. The van der Waals surface area contributed by atoms with Gasteiger partial charge < -0.3 is 9.73 Å². The van der Waals surface area contributed by atoms with Crippen LogP contribution in [0.1, 0.15) is 27.3 Å². The van der Waals surface area contributed by atoms with Gasteiger partial charge in [-0.25, -0.2) is 0 Å². The average Bonchev–Trinajstić information content (AvgIpc) is 3.17. The summed E-state index contributed by atoms with van der Waals surface area (Å²) in [5.74, 6) is -0.790. The van der Waals surface area contributed by atoms with Crippen LogP contribution in [0.4, 0.5) is 0 Å². The lowest BCUT2D eigenvalue weighted by Crippen LogP contribution is -2.52. The van der Waals surface area contributed by atoms with Gasteiger partial charge in [0.1, 0.15) is 6.04 Å². The van der Waals surface area contributed by atoms with Crippen LogP contribution in [0.5, 0.6) is 0 Å². The molecule has 26 heavy (non-hydrogen) atoms. The van der Waals surface area contributed by atoms with Crippen LogP contribution in [0.25, 0.3) is 0 Å². The van der Waals surface area contributed by atoms with Crippen molar-refractivity contribution in [3.05, 3.63) is 59.0 Å². The molecule has 2 aromatic rings. The van der Waals surface area contributed by atoms with Gasteiger partial charge in [0.05, 0.1) is 6.26 Å². The number of rotatable bonds is 7. The van der Waals surface area contributed by atoms with E-state index < -0.39 is 23.8 Å². The second-order valence-electron chi connectivity index (χ2n) is 5.24. The molecule has 3 amide bonds. The molecule has 0 spiro atoms. The number of hydrogen-bond acceptors (Lipinski definition) is 5. The minimum Gasteiger partial charge on any atom is -0.459 e. The number of amides is 3. The molecule has 9 heteroatoms. The van der Waals surface area contributed by atoms with Crippen molar-refractivity contribution in [3.63, 3.8) is 0 Å². The number of halogens is 1. The largest absolute Gasteiger partial charge is 0.459 e. The molecule has 0 aliphatic rings. The summed E-state index contributed by atoms with van der Waals surface area (Å²) in [5.41, 5.74) is 4.94. The molecule has 0 radical (unpaired) electrons. The summed E-state index contributed by atoms with van der Waals surface area (Å²) >= 11 is 7.38. The molecule has 0 saturated carbocycles. The molecule has 138 valence electrons. The Bertz CT molecular complexity index is 767. The van der Waals surface area contributed by atoms with Crippen molar-refractivity contribution in [2.45, 2.75) is 12.5 Å². The SMILES string of the molecule is CSCCC(NC(=O)c1ccco1)C(=O)NNC(=O)c1cccc(Cl)c1. The molecule has 1 unspecified atom stereocenters. The molecule has 0 saturated heterocycles. The molecule has 1 aromatic heterocycles. The topological polar surface area (TPSA) is 100 Å². The molecule has 1 heterocycles. The third-order valence-electron chi connectivity index (χ3n) is 3.36. The van der Waals surface area contributed by atoms with Crippen molar-refractivity contribution >= 4 is 41.1 Å². The van der Waals surface area contributed by atoms with Gasteiger partial charge in [0, 0.05) is 10.6 Å². The van der Waals surface area contributed by atoms with Crippen LogP contribution < -0.4 is 16.2 Å². The summed E-state index contributed by atoms with van der Waals surface area (Å²) in [6.07, 6.45) is 3.66. The standard InChI is InChI=1S/C17H18ClN3O4S/c1-26-9-7-13(19-17(24)14-6-3-8-25-14)16(23)21-20-15(22)11-4-2-5-12(18)10-11/h2-6,8,10,13H,7,9H2,1H3,(H,19,24)(H,20,22)(H,21,23). The molecule has 3 N–H and O–H groups in total. The maximum Gasteiger partial charge on any atom is 0.287 e. The molecular formula is C17H18ClN3O4S.